The Morgan fingerprint density at radius 1 is 0.316 bits per heavy atom. The number of nitrogens with zero attached hydrogens (tertiary/aromatic N) is 1. The van der Waals surface area contributed by atoms with Crippen LogP contribution in [0.15, 0.2) is 236 Å². The van der Waals surface area contributed by atoms with Gasteiger partial charge in [0.05, 0.1) is 15.3 Å². The molecule has 0 aliphatic heterocycles. The Bertz CT molecular complexity index is 3360. The lowest BCUT2D eigenvalue weighted by molar-refractivity contribution is 1.28. The van der Waals surface area contributed by atoms with E-state index in [2.05, 4.69) is 30.3 Å². The first-order valence-corrected chi connectivity index (χ1v) is 19.0. The normalized spacial score (nSPS) is 12.9. The highest BCUT2D eigenvalue weighted by molar-refractivity contribution is 6.04. The molecule has 0 saturated heterocycles. The number of hydrogen-bond acceptors (Lipinski definition) is 1. The predicted molar refractivity (Wildman–Crippen MR) is 243 cm³/mol. The second-order valence-electron chi connectivity index (χ2n) is 13.9. The van der Waals surface area contributed by atoms with Crippen molar-refractivity contribution in [1.29, 1.82) is 0 Å². The number of rotatable bonds is 8. The highest BCUT2D eigenvalue weighted by atomic mass is 15.1. The fourth-order valence-corrected chi connectivity index (χ4v) is 7.61. The van der Waals surface area contributed by atoms with Crippen molar-refractivity contribution >= 4 is 38.6 Å². The molecule has 57 heavy (non-hydrogen) atoms. The van der Waals surface area contributed by atoms with Crippen molar-refractivity contribution < 1.29 is 9.60 Å². The van der Waals surface area contributed by atoms with Crippen molar-refractivity contribution in [3.8, 4) is 55.6 Å². The predicted octanol–water partition coefficient (Wildman–Crippen LogP) is 15.8. The Labute approximate surface area is 344 Å². The standard InChI is InChI=1S/C56H39N/c1-4-14-40(15-5-1)49-31-37-55(54(39-49)44-19-8-3-9-20-44)57(50-32-26-42(27-33-50)48-25-24-41-16-10-11-22-47(41)38-48)51-34-28-46(29-35-51)56-52-23-13-12-21-45(52)30-36-53(56)43-17-6-2-7-18-43/h1-39H/i28D,29D,31D,34D,35D,37D,39D. The van der Waals surface area contributed by atoms with Crippen LogP contribution >= 0.6 is 0 Å². The summed E-state index contributed by atoms with van der Waals surface area (Å²) in [6.45, 7) is 0. The van der Waals surface area contributed by atoms with Crippen molar-refractivity contribution in [2.75, 3.05) is 4.90 Å². The molecular formula is C56H39N. The van der Waals surface area contributed by atoms with Crippen molar-refractivity contribution in [2.24, 2.45) is 0 Å². The first-order valence-electron chi connectivity index (χ1n) is 22.5. The number of fused-ring (bicyclic) bond motifs is 2. The molecular weight excluding hydrogens is 687 g/mol. The zero-order valence-electron chi connectivity index (χ0n) is 37.9. The highest BCUT2D eigenvalue weighted by Crippen LogP contribution is 2.45. The van der Waals surface area contributed by atoms with Crippen LogP contribution in [0.3, 0.4) is 0 Å². The number of anilines is 3. The summed E-state index contributed by atoms with van der Waals surface area (Å²) in [5.74, 6) is 0. The quantitative estimate of drug-likeness (QED) is 0.150. The van der Waals surface area contributed by atoms with E-state index < -0.39 is 0 Å². The zero-order chi connectivity index (χ0) is 44.1. The maximum Gasteiger partial charge on any atom is 0.0645 e. The van der Waals surface area contributed by atoms with Crippen LogP contribution in [-0.2, 0) is 0 Å². The summed E-state index contributed by atoms with van der Waals surface area (Å²) in [5, 5.41) is 3.88. The molecule has 0 N–H and O–H groups in total. The summed E-state index contributed by atoms with van der Waals surface area (Å²) in [7, 11) is 0. The summed E-state index contributed by atoms with van der Waals surface area (Å²) >= 11 is 0. The van der Waals surface area contributed by atoms with Crippen LogP contribution in [0.25, 0.3) is 77.2 Å². The molecule has 0 aromatic heterocycles. The molecule has 0 heterocycles. The minimum atomic E-state index is -0.329. The van der Waals surface area contributed by atoms with Crippen molar-refractivity contribution in [2.45, 2.75) is 0 Å². The largest absolute Gasteiger partial charge is 0.310 e. The molecule has 0 amide bonds. The summed E-state index contributed by atoms with van der Waals surface area (Å²) in [6, 6.07) is 60.3. The van der Waals surface area contributed by atoms with Gasteiger partial charge in [-0.15, -0.1) is 0 Å². The minimum absolute atomic E-state index is 0.00122. The smallest absolute Gasteiger partial charge is 0.0645 e. The molecule has 0 saturated carbocycles. The van der Waals surface area contributed by atoms with Gasteiger partial charge in [0.2, 0.25) is 0 Å². The molecule has 0 aliphatic carbocycles. The van der Waals surface area contributed by atoms with Gasteiger partial charge in [0.25, 0.3) is 0 Å². The molecule has 10 aromatic carbocycles. The summed E-state index contributed by atoms with van der Waals surface area (Å²) in [6.07, 6.45) is 0. The van der Waals surface area contributed by atoms with E-state index in [1.54, 1.807) is 4.90 Å². The van der Waals surface area contributed by atoms with Crippen LogP contribution < -0.4 is 4.90 Å². The van der Waals surface area contributed by atoms with E-state index in [1.807, 2.05) is 164 Å². The lowest BCUT2D eigenvalue weighted by Crippen LogP contribution is -2.11. The molecule has 10 rings (SSSR count). The molecule has 1 nitrogen and oxygen atoms in total. The van der Waals surface area contributed by atoms with Gasteiger partial charge in [-0.2, -0.15) is 0 Å². The van der Waals surface area contributed by atoms with Crippen LogP contribution in [0.4, 0.5) is 17.1 Å². The van der Waals surface area contributed by atoms with Crippen LogP contribution in [0.1, 0.15) is 9.60 Å². The molecule has 1 heteroatoms. The Hall–Kier alpha value is -7.48. The first kappa shape index (κ1) is 27.2. The third kappa shape index (κ3) is 6.66. The summed E-state index contributed by atoms with van der Waals surface area (Å²) in [5.41, 5.74) is 6.50. The van der Waals surface area contributed by atoms with Crippen LogP contribution in [0.5, 0.6) is 0 Å². The second-order valence-corrected chi connectivity index (χ2v) is 13.9. The molecule has 10 aromatic rings. The van der Waals surface area contributed by atoms with Gasteiger partial charge in [-0.3, -0.25) is 0 Å². The maximum atomic E-state index is 9.93. The topological polar surface area (TPSA) is 3.24 Å². The van der Waals surface area contributed by atoms with E-state index in [4.69, 9.17) is 0 Å². The van der Waals surface area contributed by atoms with Crippen LogP contribution in [-0.4, -0.2) is 0 Å². The summed E-state index contributed by atoms with van der Waals surface area (Å²) < 4.78 is 68.8. The molecule has 0 radical (unpaired) electrons. The lowest BCUT2D eigenvalue weighted by atomic mass is 9.89. The van der Waals surface area contributed by atoms with E-state index in [0.717, 1.165) is 43.8 Å². The lowest BCUT2D eigenvalue weighted by Gasteiger charge is -2.29. The van der Waals surface area contributed by atoms with Gasteiger partial charge in [0.1, 0.15) is 0 Å². The molecule has 268 valence electrons. The van der Waals surface area contributed by atoms with Crippen LogP contribution in [0.2, 0.25) is 0 Å². The van der Waals surface area contributed by atoms with E-state index in [1.165, 1.54) is 0 Å². The van der Waals surface area contributed by atoms with Gasteiger partial charge in [-0.25, -0.2) is 0 Å². The molecule has 0 aliphatic rings. The van der Waals surface area contributed by atoms with Gasteiger partial charge in [-0.1, -0.05) is 194 Å². The van der Waals surface area contributed by atoms with Crippen molar-refractivity contribution in [3.05, 3.63) is 236 Å². The van der Waals surface area contributed by atoms with Crippen molar-refractivity contribution in [3.63, 3.8) is 0 Å². The Balaban J connectivity index is 1.27. The Morgan fingerprint density at radius 2 is 0.842 bits per heavy atom. The van der Waals surface area contributed by atoms with Gasteiger partial charge >= 0.3 is 0 Å². The van der Waals surface area contributed by atoms with Crippen molar-refractivity contribution in [1.82, 2.24) is 0 Å². The second kappa shape index (κ2) is 15.0. The minimum Gasteiger partial charge on any atom is -0.310 e. The van der Waals surface area contributed by atoms with Gasteiger partial charge in [0.15, 0.2) is 0 Å². The maximum absolute atomic E-state index is 9.93. The molecule has 0 atom stereocenters. The fraction of sp³-hybridized carbons (Fsp3) is 0. The van der Waals surface area contributed by atoms with E-state index in [9.17, 15) is 9.60 Å². The molecule has 0 unspecified atom stereocenters. The van der Waals surface area contributed by atoms with E-state index >= 15 is 0 Å². The van der Waals surface area contributed by atoms with Gasteiger partial charge in [0, 0.05) is 16.9 Å². The fourth-order valence-electron chi connectivity index (χ4n) is 7.61. The Morgan fingerprint density at radius 3 is 1.54 bits per heavy atom. The van der Waals surface area contributed by atoms with Crippen LogP contribution in [0, 0.1) is 0 Å². The SMILES string of the molecule is [2H]c1c([2H])c(N(c2ccc(-c3ccc4ccccc4c3)cc2)c2c([2H])c([2H])c(-c3c(-c4ccccc4)ccc4ccccc34)c([2H])c2[2H])c(-c2ccccc2)c([2H])c1-c1ccccc1. The summed E-state index contributed by atoms with van der Waals surface area (Å²) in [4.78, 5) is 1.56. The zero-order valence-corrected chi connectivity index (χ0v) is 30.9. The molecule has 0 bridgehead atoms. The molecule has 0 fully saturated rings. The van der Waals surface area contributed by atoms with Gasteiger partial charge in [-0.05, 0) is 114 Å². The molecule has 0 spiro atoms. The number of benzene rings is 10. The first-order chi connectivity index (χ1) is 31.2. The number of hydrogen-bond donors (Lipinski definition) is 0. The third-order valence-electron chi connectivity index (χ3n) is 10.4. The monoisotopic (exact) mass is 732 g/mol. The Kier molecular flexibility index (Phi) is 7.14. The average Bonchev–Trinajstić information content (AvgIpc) is 3.34. The van der Waals surface area contributed by atoms with Gasteiger partial charge < -0.3 is 4.90 Å². The third-order valence-corrected chi connectivity index (χ3v) is 10.4. The highest BCUT2D eigenvalue weighted by Gasteiger charge is 2.20. The van der Waals surface area contributed by atoms with E-state index in [-0.39, 0.29) is 64.8 Å². The van der Waals surface area contributed by atoms with E-state index in [0.29, 0.717) is 27.9 Å². The average molecular weight is 733 g/mol.